The van der Waals surface area contributed by atoms with E-state index in [1.54, 1.807) is 11.0 Å². The lowest BCUT2D eigenvalue weighted by Gasteiger charge is -2.36. The molecule has 5 heteroatoms. The minimum Gasteiger partial charge on any atom is -0.368 e. The predicted octanol–water partition coefficient (Wildman–Crippen LogP) is 5.65. The molecule has 2 heterocycles. The number of piperazine rings is 1. The second-order valence-corrected chi connectivity index (χ2v) is 10.2. The molecule has 180 valence electrons. The van der Waals surface area contributed by atoms with Crippen LogP contribution in [-0.2, 0) is 10.2 Å². The normalized spacial score (nSPS) is 14.7. The molecule has 0 unspecified atom stereocenters. The van der Waals surface area contributed by atoms with Crippen LogP contribution in [0.25, 0.3) is 11.8 Å². The SMILES string of the molecule is Cc1cc(/C=C(/C#N)C(=O)N2CCN(c3ccccc3)CC2)c(C)n1-c1ccc(C(C)(C)C)cc1. The third-order valence-corrected chi connectivity index (χ3v) is 6.80. The molecule has 3 aromatic rings. The number of rotatable bonds is 4. The Morgan fingerprint density at radius 3 is 2.11 bits per heavy atom. The third kappa shape index (κ3) is 5.17. The van der Waals surface area contributed by atoms with E-state index < -0.39 is 0 Å². The number of nitriles is 1. The van der Waals surface area contributed by atoms with Crippen molar-refractivity contribution in [2.75, 3.05) is 31.1 Å². The largest absolute Gasteiger partial charge is 0.368 e. The van der Waals surface area contributed by atoms with Crippen molar-refractivity contribution in [2.24, 2.45) is 0 Å². The lowest BCUT2D eigenvalue weighted by molar-refractivity contribution is -0.126. The summed E-state index contributed by atoms with van der Waals surface area (Å²) in [7, 11) is 0. The van der Waals surface area contributed by atoms with Crippen molar-refractivity contribution in [3.63, 3.8) is 0 Å². The molecule has 1 aliphatic heterocycles. The molecule has 2 aromatic carbocycles. The Balaban J connectivity index is 1.52. The van der Waals surface area contributed by atoms with E-state index >= 15 is 0 Å². The van der Waals surface area contributed by atoms with Gasteiger partial charge in [0.15, 0.2) is 0 Å². The van der Waals surface area contributed by atoms with E-state index in [9.17, 15) is 10.1 Å². The fourth-order valence-electron chi connectivity index (χ4n) is 4.72. The van der Waals surface area contributed by atoms with Crippen molar-refractivity contribution >= 4 is 17.7 Å². The zero-order chi connectivity index (χ0) is 25.2. The summed E-state index contributed by atoms with van der Waals surface area (Å²) in [6.07, 6.45) is 1.74. The van der Waals surface area contributed by atoms with E-state index in [1.807, 2.05) is 31.2 Å². The summed E-state index contributed by atoms with van der Waals surface area (Å²) in [4.78, 5) is 17.3. The number of hydrogen-bond acceptors (Lipinski definition) is 3. The Labute approximate surface area is 208 Å². The van der Waals surface area contributed by atoms with Gasteiger partial charge in [0, 0.05) is 48.9 Å². The number of benzene rings is 2. The van der Waals surface area contributed by atoms with Crippen molar-refractivity contribution in [3.8, 4) is 11.8 Å². The van der Waals surface area contributed by atoms with Crippen LogP contribution in [0.4, 0.5) is 5.69 Å². The predicted molar refractivity (Wildman–Crippen MR) is 143 cm³/mol. The third-order valence-electron chi connectivity index (χ3n) is 6.80. The molecule has 5 nitrogen and oxygen atoms in total. The van der Waals surface area contributed by atoms with Crippen LogP contribution in [0.3, 0.4) is 0 Å². The van der Waals surface area contributed by atoms with Crippen molar-refractivity contribution in [1.29, 1.82) is 5.26 Å². The van der Waals surface area contributed by atoms with Crippen LogP contribution in [0.1, 0.15) is 43.3 Å². The number of hydrogen-bond donors (Lipinski definition) is 0. The van der Waals surface area contributed by atoms with E-state index in [0.29, 0.717) is 13.1 Å². The molecular formula is C30H34N4O. The summed E-state index contributed by atoms with van der Waals surface area (Å²) >= 11 is 0. The second-order valence-electron chi connectivity index (χ2n) is 10.2. The van der Waals surface area contributed by atoms with E-state index in [4.69, 9.17) is 0 Å². The first-order valence-corrected chi connectivity index (χ1v) is 12.2. The number of aryl methyl sites for hydroxylation is 1. The quantitative estimate of drug-likeness (QED) is 0.369. The Hall–Kier alpha value is -3.78. The van der Waals surface area contributed by atoms with Crippen LogP contribution < -0.4 is 4.90 Å². The molecular weight excluding hydrogens is 432 g/mol. The van der Waals surface area contributed by atoms with Gasteiger partial charge in [-0.15, -0.1) is 0 Å². The Bertz CT molecular complexity index is 1260. The molecule has 0 radical (unpaired) electrons. The van der Waals surface area contributed by atoms with Crippen LogP contribution in [0.15, 0.2) is 66.2 Å². The van der Waals surface area contributed by atoms with Crippen molar-refractivity contribution in [1.82, 2.24) is 9.47 Å². The summed E-state index contributed by atoms with van der Waals surface area (Å²) in [5.41, 5.74) is 6.79. The summed E-state index contributed by atoms with van der Waals surface area (Å²) in [6.45, 7) is 13.4. The molecule has 1 saturated heterocycles. The Kier molecular flexibility index (Phi) is 6.84. The molecule has 1 aliphatic rings. The molecule has 0 atom stereocenters. The average Bonchev–Trinajstić information content (AvgIpc) is 3.14. The number of nitrogens with zero attached hydrogens (tertiary/aromatic N) is 4. The van der Waals surface area contributed by atoms with E-state index in [2.05, 4.69) is 79.6 Å². The zero-order valence-electron chi connectivity index (χ0n) is 21.4. The summed E-state index contributed by atoms with van der Waals surface area (Å²) in [6, 6.07) is 23.0. The fourth-order valence-corrected chi connectivity index (χ4v) is 4.72. The Morgan fingerprint density at radius 2 is 1.54 bits per heavy atom. The minimum absolute atomic E-state index is 0.0991. The maximum atomic E-state index is 13.2. The van der Waals surface area contributed by atoms with Crippen molar-refractivity contribution in [2.45, 2.75) is 40.0 Å². The zero-order valence-corrected chi connectivity index (χ0v) is 21.4. The summed E-state index contributed by atoms with van der Waals surface area (Å²) < 4.78 is 2.18. The highest BCUT2D eigenvalue weighted by Crippen LogP contribution is 2.27. The highest BCUT2D eigenvalue weighted by molar-refractivity contribution is 6.02. The molecule has 0 spiro atoms. The van der Waals surface area contributed by atoms with Gasteiger partial charge in [0.25, 0.3) is 5.91 Å². The first kappa shape index (κ1) is 24.3. The molecule has 0 saturated carbocycles. The van der Waals surface area contributed by atoms with Gasteiger partial charge in [-0.3, -0.25) is 4.79 Å². The van der Waals surface area contributed by atoms with Gasteiger partial charge in [0.05, 0.1) is 0 Å². The van der Waals surface area contributed by atoms with Gasteiger partial charge in [-0.1, -0.05) is 51.1 Å². The van der Waals surface area contributed by atoms with Crippen LogP contribution in [0.2, 0.25) is 0 Å². The summed E-state index contributed by atoms with van der Waals surface area (Å²) in [5, 5.41) is 9.83. The number of carbonyl (C=O) groups excluding carboxylic acids is 1. The van der Waals surface area contributed by atoms with Gasteiger partial charge in [0.1, 0.15) is 11.6 Å². The van der Waals surface area contributed by atoms with E-state index in [-0.39, 0.29) is 16.9 Å². The maximum absolute atomic E-state index is 13.2. The van der Waals surface area contributed by atoms with Crippen LogP contribution in [0.5, 0.6) is 0 Å². The number of amides is 1. The van der Waals surface area contributed by atoms with Gasteiger partial charge in [0.2, 0.25) is 0 Å². The molecule has 1 aromatic heterocycles. The van der Waals surface area contributed by atoms with Crippen LogP contribution >= 0.6 is 0 Å². The standard InChI is InChI=1S/C30H34N4O/c1-22-19-24(23(2)34(22)28-13-11-26(12-14-28)30(3,4)5)20-25(21-31)29(35)33-17-15-32(16-18-33)27-9-7-6-8-10-27/h6-14,19-20H,15-18H2,1-5H3/b25-20-. The van der Waals surface area contributed by atoms with E-state index in [1.165, 1.54) is 11.3 Å². The maximum Gasteiger partial charge on any atom is 0.264 e. The fraction of sp³-hybridized carbons (Fsp3) is 0.333. The molecule has 4 rings (SSSR count). The lowest BCUT2D eigenvalue weighted by atomic mass is 9.87. The topological polar surface area (TPSA) is 52.3 Å². The Morgan fingerprint density at radius 1 is 0.914 bits per heavy atom. The van der Waals surface area contributed by atoms with Crippen LogP contribution in [-0.4, -0.2) is 41.6 Å². The molecule has 0 bridgehead atoms. The highest BCUT2D eigenvalue weighted by atomic mass is 16.2. The lowest BCUT2D eigenvalue weighted by Crippen LogP contribution is -2.49. The van der Waals surface area contributed by atoms with Gasteiger partial charge in [-0.25, -0.2) is 0 Å². The monoisotopic (exact) mass is 466 g/mol. The second kappa shape index (κ2) is 9.84. The van der Waals surface area contributed by atoms with Gasteiger partial charge >= 0.3 is 0 Å². The number of para-hydroxylation sites is 1. The molecule has 0 N–H and O–H groups in total. The van der Waals surface area contributed by atoms with Gasteiger partial charge in [-0.05, 0) is 66.8 Å². The van der Waals surface area contributed by atoms with Crippen molar-refractivity contribution < 1.29 is 4.79 Å². The first-order valence-electron chi connectivity index (χ1n) is 12.2. The average molecular weight is 467 g/mol. The smallest absolute Gasteiger partial charge is 0.264 e. The van der Waals surface area contributed by atoms with Gasteiger partial charge in [-0.2, -0.15) is 5.26 Å². The van der Waals surface area contributed by atoms with Gasteiger partial charge < -0.3 is 14.4 Å². The number of carbonyl (C=O) groups is 1. The highest BCUT2D eigenvalue weighted by Gasteiger charge is 2.24. The minimum atomic E-state index is -0.195. The van der Waals surface area contributed by atoms with Crippen molar-refractivity contribution in [3.05, 3.63) is 88.8 Å². The number of aromatic nitrogens is 1. The molecule has 35 heavy (non-hydrogen) atoms. The first-order chi connectivity index (χ1) is 16.7. The van der Waals surface area contributed by atoms with E-state index in [0.717, 1.165) is 35.7 Å². The number of anilines is 1. The van der Waals surface area contributed by atoms with Crippen LogP contribution in [0, 0.1) is 25.2 Å². The summed E-state index contributed by atoms with van der Waals surface area (Å²) in [5.74, 6) is -0.195. The molecule has 1 fully saturated rings. The molecule has 0 aliphatic carbocycles. The molecule has 1 amide bonds.